The number of hydrogen-bond acceptors (Lipinski definition) is 4. The van der Waals surface area contributed by atoms with Gasteiger partial charge < -0.3 is 11.1 Å². The van der Waals surface area contributed by atoms with Crippen molar-refractivity contribution in [1.29, 1.82) is 5.26 Å². The molecule has 0 bridgehead atoms. The Morgan fingerprint density at radius 2 is 2.37 bits per heavy atom. The summed E-state index contributed by atoms with van der Waals surface area (Å²) in [5.41, 5.74) is 8.82. The second-order valence-corrected chi connectivity index (χ2v) is 5.17. The first kappa shape index (κ1) is 13.8. The summed E-state index contributed by atoms with van der Waals surface area (Å²) < 4.78 is 0. The van der Waals surface area contributed by atoms with Crippen molar-refractivity contribution in [3.8, 4) is 6.07 Å². The number of nitrogens with one attached hydrogen (secondary N) is 1. The lowest BCUT2D eigenvalue weighted by molar-refractivity contribution is 0.612. The summed E-state index contributed by atoms with van der Waals surface area (Å²) in [6, 6.07) is 4.44. The summed E-state index contributed by atoms with van der Waals surface area (Å²) >= 11 is 0. The third kappa shape index (κ3) is 3.24. The van der Waals surface area contributed by atoms with Gasteiger partial charge in [0.2, 0.25) is 0 Å². The van der Waals surface area contributed by atoms with Crippen LogP contribution in [-0.4, -0.2) is 17.6 Å². The van der Waals surface area contributed by atoms with Gasteiger partial charge >= 0.3 is 0 Å². The number of anilines is 1. The van der Waals surface area contributed by atoms with Crippen LogP contribution in [0.15, 0.2) is 6.07 Å². The molecule has 1 aliphatic rings. The molecule has 0 amide bonds. The standard InChI is InChI=1S/C15H22N4/c1-2-3-6-13(10-17)18-15-12(9-16)8-11-5-4-7-14(11)19-15/h8,13H,2-7,10,17H2,1H3,(H,18,19). The van der Waals surface area contributed by atoms with Crippen molar-refractivity contribution in [2.75, 3.05) is 11.9 Å². The largest absolute Gasteiger partial charge is 0.365 e. The Kier molecular flexibility index (Phi) is 4.75. The molecule has 0 aliphatic heterocycles. The molecule has 0 saturated heterocycles. The van der Waals surface area contributed by atoms with Gasteiger partial charge in [-0.25, -0.2) is 4.98 Å². The maximum absolute atomic E-state index is 9.25. The quantitative estimate of drug-likeness (QED) is 0.821. The van der Waals surface area contributed by atoms with Crippen molar-refractivity contribution in [3.63, 3.8) is 0 Å². The summed E-state index contributed by atoms with van der Waals surface area (Å²) in [6.07, 6.45) is 6.54. The summed E-state index contributed by atoms with van der Waals surface area (Å²) in [4.78, 5) is 4.63. The second-order valence-electron chi connectivity index (χ2n) is 5.17. The van der Waals surface area contributed by atoms with E-state index in [2.05, 4.69) is 23.3 Å². The molecule has 4 heteroatoms. The molecule has 1 aromatic rings. The lowest BCUT2D eigenvalue weighted by Crippen LogP contribution is -2.29. The van der Waals surface area contributed by atoms with E-state index >= 15 is 0 Å². The van der Waals surface area contributed by atoms with Crippen molar-refractivity contribution >= 4 is 5.82 Å². The second kappa shape index (κ2) is 6.53. The van der Waals surface area contributed by atoms with Gasteiger partial charge in [0.05, 0.1) is 5.56 Å². The zero-order valence-electron chi connectivity index (χ0n) is 11.6. The Hall–Kier alpha value is -1.60. The Morgan fingerprint density at radius 3 is 3.05 bits per heavy atom. The van der Waals surface area contributed by atoms with E-state index < -0.39 is 0 Å². The van der Waals surface area contributed by atoms with E-state index in [1.807, 2.05) is 6.07 Å². The monoisotopic (exact) mass is 258 g/mol. The fraction of sp³-hybridized carbons (Fsp3) is 0.600. The van der Waals surface area contributed by atoms with Crippen molar-refractivity contribution < 1.29 is 0 Å². The van der Waals surface area contributed by atoms with Crippen LogP contribution in [0.3, 0.4) is 0 Å². The molecule has 1 atom stereocenters. The molecule has 0 aromatic carbocycles. The number of aryl methyl sites for hydroxylation is 2. The molecule has 2 rings (SSSR count). The lowest BCUT2D eigenvalue weighted by Gasteiger charge is -2.18. The highest BCUT2D eigenvalue weighted by Gasteiger charge is 2.17. The third-order valence-electron chi connectivity index (χ3n) is 3.70. The van der Waals surface area contributed by atoms with E-state index in [0.717, 1.165) is 50.0 Å². The first-order chi connectivity index (χ1) is 9.28. The Bertz CT molecular complexity index is 476. The molecule has 1 aliphatic carbocycles. The minimum absolute atomic E-state index is 0.207. The van der Waals surface area contributed by atoms with Crippen LogP contribution < -0.4 is 11.1 Å². The van der Waals surface area contributed by atoms with Gasteiger partial charge in [0.15, 0.2) is 0 Å². The number of unbranched alkanes of at least 4 members (excludes halogenated alkanes) is 1. The van der Waals surface area contributed by atoms with E-state index in [4.69, 9.17) is 5.73 Å². The highest BCUT2D eigenvalue weighted by Crippen LogP contribution is 2.25. The maximum Gasteiger partial charge on any atom is 0.144 e. The van der Waals surface area contributed by atoms with Gasteiger partial charge in [-0.15, -0.1) is 0 Å². The zero-order valence-corrected chi connectivity index (χ0v) is 11.6. The molecule has 0 saturated carbocycles. The average Bonchev–Trinajstić information content (AvgIpc) is 2.89. The van der Waals surface area contributed by atoms with Crippen molar-refractivity contribution in [2.45, 2.75) is 51.5 Å². The van der Waals surface area contributed by atoms with Gasteiger partial charge in [-0.2, -0.15) is 5.26 Å². The number of fused-ring (bicyclic) bond motifs is 1. The summed E-state index contributed by atoms with van der Waals surface area (Å²) in [6.45, 7) is 2.74. The fourth-order valence-electron chi connectivity index (χ4n) is 2.56. The van der Waals surface area contributed by atoms with Crippen molar-refractivity contribution in [1.82, 2.24) is 4.98 Å². The Labute approximate surface area is 115 Å². The zero-order chi connectivity index (χ0) is 13.7. The van der Waals surface area contributed by atoms with Gasteiger partial charge in [-0.05, 0) is 37.3 Å². The van der Waals surface area contributed by atoms with E-state index in [0.29, 0.717) is 12.1 Å². The molecule has 1 aromatic heterocycles. The minimum Gasteiger partial charge on any atom is -0.365 e. The molecule has 0 radical (unpaired) electrons. The van der Waals surface area contributed by atoms with Crippen molar-refractivity contribution in [3.05, 3.63) is 22.9 Å². The Balaban J connectivity index is 2.17. The van der Waals surface area contributed by atoms with Crippen LogP contribution in [0, 0.1) is 11.3 Å². The summed E-state index contributed by atoms with van der Waals surface area (Å²) in [5.74, 6) is 0.717. The van der Waals surface area contributed by atoms with Gasteiger partial charge in [0.1, 0.15) is 11.9 Å². The smallest absolute Gasteiger partial charge is 0.144 e. The number of nitriles is 1. The molecule has 3 N–H and O–H groups in total. The minimum atomic E-state index is 0.207. The molecule has 19 heavy (non-hydrogen) atoms. The predicted molar refractivity (Wildman–Crippen MR) is 77.0 cm³/mol. The molecule has 1 unspecified atom stereocenters. The van der Waals surface area contributed by atoms with Gasteiger partial charge in [0.25, 0.3) is 0 Å². The van der Waals surface area contributed by atoms with E-state index in [1.165, 1.54) is 5.56 Å². The average molecular weight is 258 g/mol. The lowest BCUT2D eigenvalue weighted by atomic mass is 10.1. The Morgan fingerprint density at radius 1 is 1.53 bits per heavy atom. The number of nitrogens with two attached hydrogens (primary N) is 1. The molecule has 1 heterocycles. The fourth-order valence-corrected chi connectivity index (χ4v) is 2.56. The van der Waals surface area contributed by atoms with Crippen LogP contribution in [0.2, 0.25) is 0 Å². The number of hydrogen-bond donors (Lipinski definition) is 2. The van der Waals surface area contributed by atoms with E-state index in [-0.39, 0.29) is 6.04 Å². The SMILES string of the molecule is CCCCC(CN)Nc1nc2c(cc1C#N)CCC2. The van der Waals surface area contributed by atoms with Gasteiger partial charge in [0, 0.05) is 18.3 Å². The van der Waals surface area contributed by atoms with Crippen LogP contribution in [0.4, 0.5) is 5.82 Å². The highest BCUT2D eigenvalue weighted by atomic mass is 15.0. The molecule has 102 valence electrons. The van der Waals surface area contributed by atoms with E-state index in [9.17, 15) is 5.26 Å². The first-order valence-electron chi connectivity index (χ1n) is 7.18. The van der Waals surface area contributed by atoms with Crippen LogP contribution in [0.5, 0.6) is 0 Å². The highest BCUT2D eigenvalue weighted by molar-refractivity contribution is 5.55. The maximum atomic E-state index is 9.25. The molecular weight excluding hydrogens is 236 g/mol. The number of rotatable bonds is 6. The molecule has 0 fully saturated rings. The van der Waals surface area contributed by atoms with Crippen LogP contribution in [-0.2, 0) is 12.8 Å². The van der Waals surface area contributed by atoms with Crippen LogP contribution in [0.1, 0.15) is 49.4 Å². The van der Waals surface area contributed by atoms with Gasteiger partial charge in [-0.3, -0.25) is 0 Å². The first-order valence-corrected chi connectivity index (χ1v) is 7.18. The predicted octanol–water partition coefficient (Wildman–Crippen LogP) is 2.37. The number of nitrogens with zero attached hydrogens (tertiary/aromatic N) is 2. The number of pyridine rings is 1. The summed E-state index contributed by atoms with van der Waals surface area (Å²) in [5, 5.41) is 12.6. The molecule has 4 nitrogen and oxygen atoms in total. The van der Waals surface area contributed by atoms with Gasteiger partial charge in [-0.1, -0.05) is 19.8 Å². The van der Waals surface area contributed by atoms with Crippen LogP contribution >= 0.6 is 0 Å². The number of aromatic nitrogens is 1. The topological polar surface area (TPSA) is 74.7 Å². The third-order valence-corrected chi connectivity index (χ3v) is 3.70. The molecular formula is C15H22N4. The van der Waals surface area contributed by atoms with E-state index in [1.54, 1.807) is 0 Å². The molecule has 0 spiro atoms. The normalized spacial score (nSPS) is 14.8. The van der Waals surface area contributed by atoms with Crippen LogP contribution in [0.25, 0.3) is 0 Å². The summed E-state index contributed by atoms with van der Waals surface area (Å²) in [7, 11) is 0. The van der Waals surface area contributed by atoms with Crippen molar-refractivity contribution in [2.24, 2.45) is 5.73 Å².